The SMILES string of the molecule is C[C@H]1CN(C(=O)[C@@H](NC(=O)N[C@H](C(=O)N2CC3(C[C@H]2C(=O)NC(CC2CCC2)C(=O)C(N)=O)C(C)(C)C32CCC2)C(C)(C)C)C(C)(C)C)C[C@H](C)O1. The lowest BCUT2D eigenvalue weighted by atomic mass is 9.73. The van der Waals surface area contributed by atoms with Crippen molar-refractivity contribution >= 4 is 35.4 Å². The standard InChI is InChI=1S/C39H64N6O7/c1-22-19-44(20-23(2)52-22)32(49)28(35(3,4)5)42-34(51)43-29(36(6,7)8)33(50)45-21-39(37(9,10)38(39)15-12-16-38)18-26(45)31(48)41-25(27(46)30(40)47)17-24-13-11-14-24/h22-26,28-29H,11-21H2,1-10H3,(H2,40,47)(H,41,48)(H2,42,43,51)/t22-,23-,25?,26-,28+,29+,39?/m0/s1. The van der Waals surface area contributed by atoms with Crippen LogP contribution in [0.25, 0.3) is 0 Å². The Morgan fingerprint density at radius 1 is 0.808 bits per heavy atom. The molecule has 2 heterocycles. The van der Waals surface area contributed by atoms with Crippen molar-refractivity contribution in [1.82, 2.24) is 25.8 Å². The first kappa shape index (κ1) is 40.0. The number of nitrogens with zero attached hydrogens (tertiary/aromatic N) is 2. The number of primary amides is 1. The lowest BCUT2D eigenvalue weighted by Crippen LogP contribution is -2.63. The van der Waals surface area contributed by atoms with E-state index in [-0.39, 0.29) is 40.3 Å². The number of carbonyl (C=O) groups is 6. The van der Waals surface area contributed by atoms with Crippen molar-refractivity contribution in [3.05, 3.63) is 0 Å². The minimum absolute atomic E-state index is 0.0126. The number of ether oxygens (including phenoxy) is 1. The molecule has 2 aliphatic heterocycles. The smallest absolute Gasteiger partial charge is 0.316 e. The number of fused-ring (bicyclic) bond motifs is 1. The number of nitrogens with one attached hydrogen (secondary N) is 3. The fourth-order valence-corrected chi connectivity index (χ4v) is 10.1. The molecule has 2 unspecified atom stereocenters. The second-order valence-electron chi connectivity index (χ2n) is 19.4. The average molecular weight is 729 g/mol. The zero-order chi connectivity index (χ0) is 38.8. The molecule has 2 saturated heterocycles. The number of morpholine rings is 1. The van der Waals surface area contributed by atoms with Gasteiger partial charge in [-0.05, 0) is 67.1 Å². The number of urea groups is 1. The van der Waals surface area contributed by atoms with Gasteiger partial charge in [0.1, 0.15) is 18.1 Å². The second-order valence-corrected chi connectivity index (χ2v) is 19.4. The molecule has 5 aliphatic rings. The van der Waals surface area contributed by atoms with Crippen LogP contribution in [0.4, 0.5) is 4.79 Å². The number of rotatable bonds is 10. The van der Waals surface area contributed by atoms with Crippen molar-refractivity contribution in [2.45, 2.75) is 157 Å². The van der Waals surface area contributed by atoms with Gasteiger partial charge in [0.25, 0.3) is 5.91 Å². The maximum Gasteiger partial charge on any atom is 0.316 e. The number of nitrogens with two attached hydrogens (primary N) is 1. The van der Waals surface area contributed by atoms with Gasteiger partial charge in [0.15, 0.2) is 0 Å². The van der Waals surface area contributed by atoms with Crippen molar-refractivity contribution < 1.29 is 33.5 Å². The quantitative estimate of drug-likeness (QED) is 0.249. The molecule has 2 spiro atoms. The summed E-state index contributed by atoms with van der Waals surface area (Å²) >= 11 is 0. The number of Topliss-reactive ketones (excluding diaryl/α,β-unsaturated/α-hetero) is 1. The van der Waals surface area contributed by atoms with E-state index in [2.05, 4.69) is 29.8 Å². The number of hydrogen-bond donors (Lipinski definition) is 4. The van der Waals surface area contributed by atoms with E-state index in [1.165, 1.54) is 0 Å². The molecule has 0 aromatic heterocycles. The highest BCUT2D eigenvalue weighted by Crippen LogP contribution is 2.88. The third-order valence-corrected chi connectivity index (χ3v) is 13.6. The summed E-state index contributed by atoms with van der Waals surface area (Å²) in [6.45, 7) is 20.7. The monoisotopic (exact) mass is 728 g/mol. The fourth-order valence-electron chi connectivity index (χ4n) is 10.1. The third kappa shape index (κ3) is 7.07. The lowest BCUT2D eigenvalue weighted by Gasteiger charge is -2.41. The summed E-state index contributed by atoms with van der Waals surface area (Å²) in [5, 5.41) is 8.68. The third-order valence-electron chi connectivity index (χ3n) is 13.6. The van der Waals surface area contributed by atoms with Crippen LogP contribution in [-0.2, 0) is 28.7 Å². The second kappa shape index (κ2) is 13.9. The van der Waals surface area contributed by atoms with Crippen molar-refractivity contribution in [1.29, 1.82) is 0 Å². The molecule has 292 valence electrons. The molecular weight excluding hydrogens is 664 g/mol. The highest BCUT2D eigenvalue weighted by atomic mass is 16.5. The molecule has 0 aromatic carbocycles. The zero-order valence-electron chi connectivity index (χ0n) is 33.1. The summed E-state index contributed by atoms with van der Waals surface area (Å²) in [4.78, 5) is 85.2. The van der Waals surface area contributed by atoms with Gasteiger partial charge in [0, 0.05) is 25.0 Å². The Hall–Kier alpha value is -3.22. The highest BCUT2D eigenvalue weighted by molar-refractivity contribution is 6.37. The molecule has 5 rings (SSSR count). The van der Waals surface area contributed by atoms with Gasteiger partial charge >= 0.3 is 6.03 Å². The summed E-state index contributed by atoms with van der Waals surface area (Å²) in [6.07, 6.45) is 6.48. The van der Waals surface area contributed by atoms with Gasteiger partial charge in [-0.25, -0.2) is 4.79 Å². The first-order valence-electron chi connectivity index (χ1n) is 19.4. The zero-order valence-corrected chi connectivity index (χ0v) is 33.1. The molecule has 7 atom stereocenters. The van der Waals surface area contributed by atoms with Gasteiger partial charge in [-0.2, -0.15) is 0 Å². The van der Waals surface area contributed by atoms with Crippen LogP contribution in [0.1, 0.15) is 121 Å². The Bertz CT molecular complexity index is 1450. The summed E-state index contributed by atoms with van der Waals surface area (Å²) in [7, 11) is 0. The topological polar surface area (TPSA) is 180 Å². The molecule has 13 heteroatoms. The molecule has 0 aromatic rings. The van der Waals surface area contributed by atoms with Crippen LogP contribution in [0.3, 0.4) is 0 Å². The Morgan fingerprint density at radius 2 is 1.35 bits per heavy atom. The highest BCUT2D eigenvalue weighted by Gasteiger charge is 2.85. The maximum atomic E-state index is 14.9. The van der Waals surface area contributed by atoms with Gasteiger partial charge in [-0.3, -0.25) is 24.0 Å². The lowest BCUT2D eigenvalue weighted by molar-refractivity contribution is -0.147. The van der Waals surface area contributed by atoms with Crippen LogP contribution in [0.15, 0.2) is 0 Å². The first-order chi connectivity index (χ1) is 24.0. The number of carbonyl (C=O) groups excluding carboxylic acids is 6. The number of hydrogen-bond acceptors (Lipinski definition) is 7. The molecule has 52 heavy (non-hydrogen) atoms. The predicted octanol–water partition coefficient (Wildman–Crippen LogP) is 3.28. The van der Waals surface area contributed by atoms with E-state index in [0.717, 1.165) is 38.5 Å². The maximum absolute atomic E-state index is 14.9. The summed E-state index contributed by atoms with van der Waals surface area (Å²) < 4.78 is 5.83. The molecular formula is C39H64N6O7. The normalized spacial score (nSPS) is 29.7. The predicted molar refractivity (Wildman–Crippen MR) is 195 cm³/mol. The molecule has 5 fully saturated rings. The van der Waals surface area contributed by atoms with Crippen LogP contribution in [0, 0.1) is 33.0 Å². The molecule has 5 N–H and O–H groups in total. The minimum atomic E-state index is -1.09. The minimum Gasteiger partial charge on any atom is -0.372 e. The molecule has 13 nitrogen and oxygen atoms in total. The van der Waals surface area contributed by atoms with Crippen molar-refractivity contribution in [3.8, 4) is 0 Å². The van der Waals surface area contributed by atoms with Crippen LogP contribution < -0.4 is 21.7 Å². The Morgan fingerprint density at radius 3 is 1.77 bits per heavy atom. The van der Waals surface area contributed by atoms with E-state index in [0.29, 0.717) is 32.5 Å². The molecule has 6 amide bonds. The molecule has 0 bridgehead atoms. The van der Waals surface area contributed by atoms with E-state index in [4.69, 9.17) is 10.5 Å². The van der Waals surface area contributed by atoms with E-state index in [9.17, 15) is 28.8 Å². The van der Waals surface area contributed by atoms with Gasteiger partial charge in [0.2, 0.25) is 23.5 Å². The van der Waals surface area contributed by atoms with Gasteiger partial charge in [-0.1, -0.05) is 81.1 Å². The number of ketones is 1. The van der Waals surface area contributed by atoms with E-state index < -0.39 is 64.5 Å². The van der Waals surface area contributed by atoms with Gasteiger partial charge < -0.3 is 36.2 Å². The number of amides is 6. The van der Waals surface area contributed by atoms with Crippen LogP contribution in [0.5, 0.6) is 0 Å². The summed E-state index contributed by atoms with van der Waals surface area (Å²) in [5.41, 5.74) is 3.60. The van der Waals surface area contributed by atoms with Crippen LogP contribution in [0.2, 0.25) is 0 Å². The van der Waals surface area contributed by atoms with E-state index in [1.54, 1.807) is 9.80 Å². The Balaban J connectivity index is 1.39. The van der Waals surface area contributed by atoms with Crippen LogP contribution >= 0.6 is 0 Å². The molecule has 3 saturated carbocycles. The Kier molecular flexibility index (Phi) is 10.7. The first-order valence-corrected chi connectivity index (χ1v) is 19.4. The van der Waals surface area contributed by atoms with E-state index >= 15 is 0 Å². The number of likely N-dealkylation sites (tertiary alicyclic amines) is 1. The summed E-state index contributed by atoms with van der Waals surface area (Å²) in [5.74, 6) is -2.80. The summed E-state index contributed by atoms with van der Waals surface area (Å²) in [6, 6.07) is -4.54. The van der Waals surface area contributed by atoms with Crippen molar-refractivity contribution in [2.75, 3.05) is 19.6 Å². The molecule has 3 aliphatic carbocycles. The van der Waals surface area contributed by atoms with Gasteiger partial charge in [0.05, 0.1) is 18.2 Å². The van der Waals surface area contributed by atoms with Crippen molar-refractivity contribution in [3.63, 3.8) is 0 Å². The average Bonchev–Trinajstić information content (AvgIpc) is 3.19. The van der Waals surface area contributed by atoms with Crippen molar-refractivity contribution in [2.24, 2.45) is 38.7 Å². The van der Waals surface area contributed by atoms with E-state index in [1.807, 2.05) is 55.4 Å². The van der Waals surface area contributed by atoms with Crippen LogP contribution in [-0.4, -0.2) is 101 Å². The fraction of sp³-hybridized carbons (Fsp3) is 0.846. The van der Waals surface area contributed by atoms with Gasteiger partial charge in [-0.15, -0.1) is 0 Å². The largest absolute Gasteiger partial charge is 0.372 e. The Labute approximate surface area is 309 Å². The molecule has 0 radical (unpaired) electrons.